The van der Waals surface area contributed by atoms with Crippen LogP contribution in [-0.4, -0.2) is 103 Å². The third-order valence-electron chi connectivity index (χ3n) is 5.05. The number of methoxy groups -OCH3 is 1. The molecule has 1 aliphatic heterocycles. The van der Waals surface area contributed by atoms with Gasteiger partial charge in [0.05, 0.1) is 52.4 Å². The molecule has 172 valence electrons. The number of ether oxygens (including phenoxy) is 5. The van der Waals surface area contributed by atoms with Crippen molar-refractivity contribution in [2.24, 2.45) is 0 Å². The van der Waals surface area contributed by atoms with Crippen LogP contribution in [0.3, 0.4) is 0 Å². The molecule has 2 rings (SSSR count). The molecule has 8 heteroatoms. The molecule has 0 aliphatic carbocycles. The average molecular weight is 427 g/mol. The fourth-order valence-corrected chi connectivity index (χ4v) is 3.42. The molecule has 0 aromatic heterocycles. The minimum absolute atomic E-state index is 0.0223. The zero-order chi connectivity index (χ0) is 21.4. The lowest BCUT2D eigenvalue weighted by Gasteiger charge is -2.24. The van der Waals surface area contributed by atoms with Crippen LogP contribution in [-0.2, 0) is 18.9 Å². The van der Waals surface area contributed by atoms with E-state index in [1.54, 1.807) is 7.11 Å². The third-order valence-corrected chi connectivity index (χ3v) is 5.05. The van der Waals surface area contributed by atoms with E-state index in [9.17, 15) is 0 Å². The first-order valence-corrected chi connectivity index (χ1v) is 10.8. The topological polar surface area (TPSA) is 81.7 Å². The van der Waals surface area contributed by atoms with Gasteiger partial charge in [0.15, 0.2) is 0 Å². The van der Waals surface area contributed by atoms with Crippen molar-refractivity contribution in [3.63, 3.8) is 0 Å². The number of aliphatic hydroxyl groups is 1. The Labute approximate surface area is 180 Å². The molecule has 1 aromatic carbocycles. The number of aliphatic hydroxyl groups excluding tert-OH is 1. The van der Waals surface area contributed by atoms with Crippen molar-refractivity contribution in [1.82, 2.24) is 10.2 Å². The van der Waals surface area contributed by atoms with Crippen LogP contribution >= 0.6 is 0 Å². The molecule has 0 spiro atoms. The number of likely N-dealkylation sites (tertiary alicyclic amines) is 1. The first-order chi connectivity index (χ1) is 14.8. The number of hydrogen-bond acceptors (Lipinski definition) is 8. The molecule has 8 nitrogen and oxygen atoms in total. The molecule has 1 unspecified atom stereocenters. The Balaban J connectivity index is 1.60. The molecular weight excluding hydrogens is 388 g/mol. The molecule has 0 radical (unpaired) electrons. The molecule has 2 atom stereocenters. The number of rotatable bonds is 17. The van der Waals surface area contributed by atoms with Crippen molar-refractivity contribution in [1.29, 1.82) is 0 Å². The van der Waals surface area contributed by atoms with Crippen molar-refractivity contribution in [2.45, 2.75) is 18.6 Å². The fourth-order valence-electron chi connectivity index (χ4n) is 3.42. The van der Waals surface area contributed by atoms with Crippen LogP contribution in [0.5, 0.6) is 5.75 Å². The van der Waals surface area contributed by atoms with Gasteiger partial charge >= 0.3 is 0 Å². The van der Waals surface area contributed by atoms with E-state index in [1.165, 1.54) is 5.56 Å². The van der Waals surface area contributed by atoms with Gasteiger partial charge in [-0.05, 0) is 31.2 Å². The van der Waals surface area contributed by atoms with Gasteiger partial charge in [-0.25, -0.2) is 0 Å². The molecule has 30 heavy (non-hydrogen) atoms. The minimum Gasteiger partial charge on any atom is -0.491 e. The maximum absolute atomic E-state index is 8.85. The highest BCUT2D eigenvalue weighted by Gasteiger charge is 2.25. The second-order valence-corrected chi connectivity index (χ2v) is 7.24. The summed E-state index contributed by atoms with van der Waals surface area (Å²) in [6.07, 6.45) is 1.31. The summed E-state index contributed by atoms with van der Waals surface area (Å²) in [5, 5.41) is 12.3. The molecule has 1 fully saturated rings. The van der Waals surface area contributed by atoms with Gasteiger partial charge in [-0.3, -0.25) is 4.90 Å². The van der Waals surface area contributed by atoms with Crippen LogP contribution in [0, 0.1) is 0 Å². The quantitative estimate of drug-likeness (QED) is 0.358. The fraction of sp³-hybridized carbons (Fsp3) is 0.727. The lowest BCUT2D eigenvalue weighted by molar-refractivity contribution is -0.0137. The molecular formula is C22H38N2O6. The Morgan fingerprint density at radius 3 is 2.40 bits per heavy atom. The van der Waals surface area contributed by atoms with Gasteiger partial charge in [0.25, 0.3) is 0 Å². The van der Waals surface area contributed by atoms with Gasteiger partial charge in [0, 0.05) is 32.8 Å². The molecule has 1 aliphatic rings. The molecule has 1 saturated heterocycles. The molecule has 1 aromatic rings. The van der Waals surface area contributed by atoms with E-state index in [-0.39, 0.29) is 18.8 Å². The van der Waals surface area contributed by atoms with Crippen molar-refractivity contribution >= 4 is 0 Å². The molecule has 0 saturated carbocycles. The largest absolute Gasteiger partial charge is 0.491 e. The smallest absolute Gasteiger partial charge is 0.119 e. The second-order valence-electron chi connectivity index (χ2n) is 7.24. The van der Waals surface area contributed by atoms with E-state index in [0.717, 1.165) is 31.8 Å². The second kappa shape index (κ2) is 15.5. The lowest BCUT2D eigenvalue weighted by Crippen LogP contribution is -2.33. The van der Waals surface area contributed by atoms with E-state index < -0.39 is 0 Å². The number of hydrogen-bond donors (Lipinski definition) is 2. The van der Waals surface area contributed by atoms with Crippen LogP contribution in [0.2, 0.25) is 0 Å². The number of likely N-dealkylation sites (N-methyl/N-ethyl adjacent to an activating group) is 1. The zero-order valence-corrected chi connectivity index (χ0v) is 18.4. The molecule has 0 bridgehead atoms. The zero-order valence-electron chi connectivity index (χ0n) is 18.4. The molecule has 0 amide bonds. The van der Waals surface area contributed by atoms with Gasteiger partial charge in [0.2, 0.25) is 0 Å². The van der Waals surface area contributed by atoms with E-state index in [4.69, 9.17) is 28.8 Å². The summed E-state index contributed by atoms with van der Waals surface area (Å²) < 4.78 is 27.2. The highest BCUT2D eigenvalue weighted by atomic mass is 16.6. The first-order valence-electron chi connectivity index (χ1n) is 10.8. The lowest BCUT2D eigenvalue weighted by atomic mass is 10.1. The van der Waals surface area contributed by atoms with Crippen molar-refractivity contribution < 1.29 is 28.8 Å². The predicted molar refractivity (Wildman–Crippen MR) is 115 cm³/mol. The van der Waals surface area contributed by atoms with Crippen LogP contribution in [0.1, 0.15) is 18.0 Å². The highest BCUT2D eigenvalue weighted by Crippen LogP contribution is 2.21. The number of nitrogens with one attached hydrogen (secondary N) is 1. The van der Waals surface area contributed by atoms with E-state index >= 15 is 0 Å². The van der Waals surface area contributed by atoms with Gasteiger partial charge in [-0.15, -0.1) is 0 Å². The van der Waals surface area contributed by atoms with Gasteiger partial charge < -0.3 is 34.1 Å². The Hall–Kier alpha value is -1.26. The van der Waals surface area contributed by atoms with Crippen LogP contribution in [0.25, 0.3) is 0 Å². The van der Waals surface area contributed by atoms with Crippen LogP contribution < -0.4 is 10.1 Å². The van der Waals surface area contributed by atoms with E-state index in [1.807, 2.05) is 19.2 Å². The maximum Gasteiger partial charge on any atom is 0.119 e. The number of nitrogens with zero attached hydrogens (tertiary/aromatic N) is 1. The SMILES string of the molecule is CNC(CN1CC[C@H](OCCOCCOCCOC)C1)c1ccc(OCCO)cc1. The van der Waals surface area contributed by atoms with Gasteiger partial charge in [-0.1, -0.05) is 12.1 Å². The first kappa shape index (κ1) is 25.0. The highest BCUT2D eigenvalue weighted by molar-refractivity contribution is 5.29. The standard InChI is InChI=1S/C22H38N2O6/c1-23-22(19-3-5-20(6-4-19)29-10-9-25)18-24-8-7-21(17-24)30-16-15-28-14-13-27-12-11-26-2/h3-6,21-23,25H,7-18H2,1-2H3/t21-,22?/m0/s1. The summed E-state index contributed by atoms with van der Waals surface area (Å²) in [4.78, 5) is 2.44. The normalized spacial score (nSPS) is 18.0. The Bertz CT molecular complexity index is 545. The monoisotopic (exact) mass is 426 g/mol. The van der Waals surface area contributed by atoms with Crippen molar-refractivity contribution in [3.8, 4) is 5.75 Å². The molecule has 2 N–H and O–H groups in total. The van der Waals surface area contributed by atoms with Crippen molar-refractivity contribution in [3.05, 3.63) is 29.8 Å². The summed E-state index contributed by atoms with van der Waals surface area (Å²) >= 11 is 0. The summed E-state index contributed by atoms with van der Waals surface area (Å²) in [7, 11) is 3.65. The molecule has 1 heterocycles. The predicted octanol–water partition coefficient (Wildman–Crippen LogP) is 1.09. The third kappa shape index (κ3) is 9.70. The van der Waals surface area contributed by atoms with Gasteiger partial charge in [-0.2, -0.15) is 0 Å². The number of benzene rings is 1. The van der Waals surface area contributed by atoms with Gasteiger partial charge in [0.1, 0.15) is 12.4 Å². The summed E-state index contributed by atoms with van der Waals surface area (Å²) in [5.74, 6) is 0.779. The van der Waals surface area contributed by atoms with Crippen molar-refractivity contribution in [2.75, 3.05) is 86.6 Å². The van der Waals surface area contributed by atoms with Crippen LogP contribution in [0.15, 0.2) is 24.3 Å². The minimum atomic E-state index is 0.0223. The van der Waals surface area contributed by atoms with E-state index in [0.29, 0.717) is 46.2 Å². The summed E-state index contributed by atoms with van der Waals surface area (Å²) in [5.41, 5.74) is 1.22. The summed E-state index contributed by atoms with van der Waals surface area (Å²) in [6.45, 7) is 6.83. The average Bonchev–Trinajstić information content (AvgIpc) is 3.22. The van der Waals surface area contributed by atoms with E-state index in [2.05, 4.69) is 22.3 Å². The van der Waals surface area contributed by atoms with Crippen LogP contribution in [0.4, 0.5) is 0 Å². The Morgan fingerprint density at radius 1 is 1.03 bits per heavy atom. The Kier molecular flexibility index (Phi) is 12.9. The summed E-state index contributed by atoms with van der Waals surface area (Å²) in [6, 6.07) is 8.31. The Morgan fingerprint density at radius 2 is 1.73 bits per heavy atom. The maximum atomic E-state index is 8.85.